The minimum Gasteiger partial charge on any atom is -0.371 e. The minimum atomic E-state index is -0.587. The molecule has 1 saturated heterocycles. The monoisotopic (exact) mass is 441 g/mol. The Bertz CT molecular complexity index is 912. The summed E-state index contributed by atoms with van der Waals surface area (Å²) in [6, 6.07) is 7.30. The number of amides is 2. The molecule has 2 N–H and O–H groups in total. The van der Waals surface area contributed by atoms with Gasteiger partial charge in [-0.15, -0.1) is 0 Å². The average molecular weight is 442 g/mol. The van der Waals surface area contributed by atoms with Crippen LogP contribution in [0.15, 0.2) is 28.8 Å². The molecule has 0 radical (unpaired) electrons. The zero-order chi connectivity index (χ0) is 23.1. The van der Waals surface area contributed by atoms with Crippen molar-refractivity contribution in [1.29, 1.82) is 0 Å². The van der Waals surface area contributed by atoms with Crippen molar-refractivity contribution in [3.63, 3.8) is 0 Å². The second kappa shape index (κ2) is 10.6. The van der Waals surface area contributed by atoms with Gasteiger partial charge in [0.1, 0.15) is 6.04 Å². The molecule has 8 nitrogen and oxygen atoms in total. The first kappa shape index (κ1) is 23.8. The molecule has 32 heavy (non-hydrogen) atoms. The molecule has 1 aromatic carbocycles. The molecule has 174 valence electrons. The number of carbonyl (C=O) groups excluding carboxylic acids is 2. The van der Waals surface area contributed by atoms with Crippen LogP contribution in [0.3, 0.4) is 0 Å². The summed E-state index contributed by atoms with van der Waals surface area (Å²) in [6.45, 7) is 10.1. The van der Waals surface area contributed by atoms with E-state index in [-0.39, 0.29) is 23.7 Å². The average Bonchev–Trinajstić information content (AvgIpc) is 3.44. The van der Waals surface area contributed by atoms with Crippen LogP contribution >= 0.6 is 0 Å². The lowest BCUT2D eigenvalue weighted by Crippen LogP contribution is -2.43. The van der Waals surface area contributed by atoms with E-state index in [1.54, 1.807) is 0 Å². The van der Waals surface area contributed by atoms with Crippen molar-refractivity contribution < 1.29 is 14.1 Å². The Balaban J connectivity index is 1.55. The molecule has 1 atom stereocenters. The van der Waals surface area contributed by atoms with Gasteiger partial charge < -0.3 is 20.1 Å². The molecule has 2 amide bonds. The molecule has 0 aliphatic carbocycles. The van der Waals surface area contributed by atoms with E-state index in [9.17, 15) is 9.59 Å². The lowest BCUT2D eigenvalue weighted by molar-refractivity contribution is -0.126. The van der Waals surface area contributed by atoms with Crippen LogP contribution < -0.4 is 15.5 Å². The maximum atomic E-state index is 12.9. The van der Waals surface area contributed by atoms with Crippen molar-refractivity contribution in [1.82, 2.24) is 15.5 Å². The predicted octanol–water partition coefficient (Wildman–Crippen LogP) is 3.82. The fourth-order valence-corrected chi connectivity index (χ4v) is 3.69. The van der Waals surface area contributed by atoms with Crippen molar-refractivity contribution in [2.45, 2.75) is 77.7 Å². The van der Waals surface area contributed by atoms with Gasteiger partial charge in [-0.05, 0) is 37.5 Å². The summed E-state index contributed by atoms with van der Waals surface area (Å²) < 4.78 is 5.25. The molecule has 0 bridgehead atoms. The SMILES string of the molecule is CCCC(NC(=O)CCc1nc(C(C)(C)C)no1)C(=O)Nc1cccc(N2CCCC2)c1. The number of nitrogens with zero attached hydrogens (tertiary/aromatic N) is 3. The molecular formula is C24H35N5O3. The topological polar surface area (TPSA) is 100 Å². The molecule has 1 aromatic heterocycles. The van der Waals surface area contributed by atoms with Crippen molar-refractivity contribution in [3.05, 3.63) is 36.0 Å². The first-order valence-corrected chi connectivity index (χ1v) is 11.5. The molecule has 2 aromatic rings. The summed E-state index contributed by atoms with van der Waals surface area (Å²) in [4.78, 5) is 32.1. The molecule has 3 rings (SSSR count). The van der Waals surface area contributed by atoms with E-state index in [4.69, 9.17) is 4.52 Å². The molecule has 0 saturated carbocycles. The number of aryl methyl sites for hydroxylation is 1. The Labute approximate surface area is 190 Å². The van der Waals surface area contributed by atoms with Gasteiger partial charge in [-0.1, -0.05) is 45.3 Å². The molecule has 1 fully saturated rings. The zero-order valence-corrected chi connectivity index (χ0v) is 19.6. The highest BCUT2D eigenvalue weighted by atomic mass is 16.5. The summed E-state index contributed by atoms with van der Waals surface area (Å²) >= 11 is 0. The number of hydrogen-bond acceptors (Lipinski definition) is 6. The largest absolute Gasteiger partial charge is 0.371 e. The lowest BCUT2D eigenvalue weighted by atomic mass is 9.96. The number of anilines is 2. The standard InChI is InChI=1S/C24H35N5O3/c1-5-9-19(26-20(30)12-13-21-27-23(28-32-21)24(2,3)4)22(31)25-17-10-8-11-18(16-17)29-14-6-7-15-29/h8,10-11,16,19H,5-7,9,12-15H2,1-4H3,(H,25,31)(H,26,30). The summed E-state index contributed by atoms with van der Waals surface area (Å²) in [5, 5.41) is 9.81. The van der Waals surface area contributed by atoms with Gasteiger partial charge in [-0.2, -0.15) is 4.98 Å². The molecular weight excluding hydrogens is 406 g/mol. The maximum Gasteiger partial charge on any atom is 0.246 e. The van der Waals surface area contributed by atoms with E-state index in [1.807, 2.05) is 45.9 Å². The van der Waals surface area contributed by atoms with E-state index < -0.39 is 6.04 Å². The first-order chi connectivity index (χ1) is 15.3. The number of nitrogens with one attached hydrogen (secondary N) is 2. The number of rotatable bonds is 9. The lowest BCUT2D eigenvalue weighted by Gasteiger charge is -2.20. The van der Waals surface area contributed by atoms with Gasteiger partial charge in [-0.25, -0.2) is 0 Å². The van der Waals surface area contributed by atoms with Crippen molar-refractivity contribution >= 4 is 23.2 Å². The Morgan fingerprint density at radius 1 is 1.22 bits per heavy atom. The normalized spacial score (nSPS) is 14.9. The van der Waals surface area contributed by atoms with Crippen LogP contribution in [0.5, 0.6) is 0 Å². The smallest absolute Gasteiger partial charge is 0.246 e. The van der Waals surface area contributed by atoms with E-state index in [1.165, 1.54) is 12.8 Å². The molecule has 1 aliphatic heterocycles. The summed E-state index contributed by atoms with van der Waals surface area (Å²) in [5.41, 5.74) is 1.65. The van der Waals surface area contributed by atoms with Crippen molar-refractivity contribution in [2.75, 3.05) is 23.3 Å². The van der Waals surface area contributed by atoms with E-state index >= 15 is 0 Å². The van der Waals surface area contributed by atoms with Crippen LogP contribution in [0.2, 0.25) is 0 Å². The van der Waals surface area contributed by atoms with Gasteiger partial charge in [-0.3, -0.25) is 9.59 Å². The first-order valence-electron chi connectivity index (χ1n) is 11.5. The predicted molar refractivity (Wildman–Crippen MR) is 125 cm³/mol. The van der Waals surface area contributed by atoms with Gasteiger partial charge in [0.2, 0.25) is 17.7 Å². The Morgan fingerprint density at radius 2 is 1.97 bits per heavy atom. The van der Waals surface area contributed by atoms with Gasteiger partial charge in [0.05, 0.1) is 0 Å². The number of benzene rings is 1. The van der Waals surface area contributed by atoms with Crippen LogP contribution in [0.25, 0.3) is 0 Å². The maximum absolute atomic E-state index is 12.9. The molecule has 8 heteroatoms. The Hall–Kier alpha value is -2.90. The third kappa shape index (κ3) is 6.55. The van der Waals surface area contributed by atoms with E-state index in [0.29, 0.717) is 24.6 Å². The van der Waals surface area contributed by atoms with Gasteiger partial charge in [0.15, 0.2) is 5.82 Å². The van der Waals surface area contributed by atoms with Gasteiger partial charge in [0.25, 0.3) is 0 Å². The third-order valence-corrected chi connectivity index (χ3v) is 5.52. The number of carbonyl (C=O) groups is 2. The van der Waals surface area contributed by atoms with Crippen LogP contribution in [0, 0.1) is 0 Å². The minimum absolute atomic E-state index is 0.184. The third-order valence-electron chi connectivity index (χ3n) is 5.52. The van der Waals surface area contributed by atoms with Crippen LogP contribution in [0.1, 0.15) is 71.5 Å². The highest BCUT2D eigenvalue weighted by molar-refractivity contribution is 5.97. The number of aromatic nitrogens is 2. The summed E-state index contributed by atoms with van der Waals surface area (Å²) in [5.74, 6) is 0.638. The Kier molecular flexibility index (Phi) is 7.88. The van der Waals surface area contributed by atoms with Crippen molar-refractivity contribution in [2.24, 2.45) is 0 Å². The highest BCUT2D eigenvalue weighted by Crippen LogP contribution is 2.23. The van der Waals surface area contributed by atoms with E-state index in [2.05, 4.69) is 31.7 Å². The quantitative estimate of drug-likeness (QED) is 0.614. The molecule has 1 aliphatic rings. The highest BCUT2D eigenvalue weighted by Gasteiger charge is 2.23. The van der Waals surface area contributed by atoms with Gasteiger partial charge in [0, 0.05) is 42.7 Å². The second-order valence-electron chi connectivity index (χ2n) is 9.40. The fraction of sp³-hybridized carbons (Fsp3) is 0.583. The molecule has 1 unspecified atom stereocenters. The fourth-order valence-electron chi connectivity index (χ4n) is 3.69. The van der Waals surface area contributed by atoms with Crippen LogP contribution in [-0.4, -0.2) is 41.1 Å². The second-order valence-corrected chi connectivity index (χ2v) is 9.40. The zero-order valence-electron chi connectivity index (χ0n) is 19.6. The summed E-state index contributed by atoms with van der Waals surface area (Å²) in [7, 11) is 0. The molecule has 2 heterocycles. The van der Waals surface area contributed by atoms with E-state index in [0.717, 1.165) is 30.9 Å². The van der Waals surface area contributed by atoms with Crippen molar-refractivity contribution in [3.8, 4) is 0 Å². The van der Waals surface area contributed by atoms with Crippen LogP contribution in [0.4, 0.5) is 11.4 Å². The van der Waals surface area contributed by atoms with Crippen LogP contribution in [-0.2, 0) is 21.4 Å². The molecule has 0 spiro atoms. The number of hydrogen-bond donors (Lipinski definition) is 2. The summed E-state index contributed by atoms with van der Waals surface area (Å²) in [6.07, 6.45) is 4.27. The van der Waals surface area contributed by atoms with Gasteiger partial charge >= 0.3 is 0 Å². The Morgan fingerprint density at radius 3 is 2.62 bits per heavy atom.